The van der Waals surface area contributed by atoms with Crippen LogP contribution in [0.2, 0.25) is 0 Å². The van der Waals surface area contributed by atoms with Crippen LogP contribution in [0.5, 0.6) is 0 Å². The molecule has 1 amide bonds. The molecule has 0 aromatic heterocycles. The van der Waals surface area contributed by atoms with Crippen LogP contribution in [0.25, 0.3) is 0 Å². The van der Waals surface area contributed by atoms with Gasteiger partial charge in [-0.05, 0) is 32.1 Å². The number of likely N-dealkylation sites (tertiary alicyclic amines) is 1. The number of carbonyl (C=O) groups excluding carboxylic acids is 1. The predicted molar refractivity (Wildman–Crippen MR) is 63.7 cm³/mol. The van der Waals surface area contributed by atoms with Crippen molar-refractivity contribution in [3.05, 3.63) is 0 Å². The first kappa shape index (κ1) is 12.2. The van der Waals surface area contributed by atoms with E-state index in [9.17, 15) is 4.79 Å². The Bertz CT molecular complexity index is 264. The molecule has 92 valence electrons. The van der Waals surface area contributed by atoms with Crippen LogP contribution in [0.4, 0.5) is 0 Å². The molecule has 0 unspecified atom stereocenters. The highest BCUT2D eigenvalue weighted by molar-refractivity contribution is 6.30. The van der Waals surface area contributed by atoms with Gasteiger partial charge in [-0.25, -0.2) is 0 Å². The smallest absolute Gasteiger partial charge is 0.240 e. The monoisotopic (exact) mass is 245 g/mol. The lowest BCUT2D eigenvalue weighted by atomic mass is 9.93. The van der Waals surface area contributed by atoms with E-state index in [2.05, 4.69) is 0 Å². The molecule has 0 radical (unpaired) electrons. The molecule has 4 heteroatoms. The largest absolute Gasteiger partial charge is 0.373 e. The summed E-state index contributed by atoms with van der Waals surface area (Å²) in [5.41, 5.74) is -0.0434. The highest BCUT2D eigenvalue weighted by Crippen LogP contribution is 2.34. The second-order valence-corrected chi connectivity index (χ2v) is 5.40. The van der Waals surface area contributed by atoms with E-state index in [1.54, 1.807) is 0 Å². The number of nitrogens with zero attached hydrogens (tertiary/aromatic N) is 1. The van der Waals surface area contributed by atoms with Gasteiger partial charge in [0.25, 0.3) is 0 Å². The molecular formula is C12H20ClNO2. The van der Waals surface area contributed by atoms with Crippen molar-refractivity contribution in [2.45, 2.75) is 50.0 Å². The molecule has 0 aromatic rings. The van der Waals surface area contributed by atoms with E-state index >= 15 is 0 Å². The quantitative estimate of drug-likeness (QED) is 0.698. The summed E-state index contributed by atoms with van der Waals surface area (Å²) in [6.45, 7) is 4.34. The van der Waals surface area contributed by atoms with Gasteiger partial charge in [0.2, 0.25) is 5.91 Å². The first-order chi connectivity index (χ1) is 7.67. The predicted octanol–water partition coefficient (Wildman–Crippen LogP) is 2.18. The molecule has 2 atom stereocenters. The van der Waals surface area contributed by atoms with E-state index < -0.39 is 0 Å². The van der Waals surface area contributed by atoms with E-state index in [1.807, 2.05) is 11.8 Å². The summed E-state index contributed by atoms with van der Waals surface area (Å²) in [5, 5.41) is -0.362. The van der Waals surface area contributed by atoms with Gasteiger partial charge >= 0.3 is 0 Å². The first-order valence-corrected chi connectivity index (χ1v) is 6.67. The Labute approximate surface area is 102 Å². The van der Waals surface area contributed by atoms with Crippen molar-refractivity contribution < 1.29 is 9.53 Å². The standard InChI is InChI=1S/C12H20ClNO2/c1-2-10(13)11(15)14-7-6-12(9-14)5-3-4-8-16-12/h10H,2-9H2,1H3/t10-,12-/m0/s1. The van der Waals surface area contributed by atoms with Crippen LogP contribution in [-0.4, -0.2) is 41.5 Å². The zero-order valence-electron chi connectivity index (χ0n) is 9.88. The minimum Gasteiger partial charge on any atom is -0.373 e. The highest BCUT2D eigenvalue weighted by Gasteiger charge is 2.42. The van der Waals surface area contributed by atoms with Crippen LogP contribution in [0.3, 0.4) is 0 Å². The number of ether oxygens (including phenoxy) is 1. The van der Waals surface area contributed by atoms with E-state index in [4.69, 9.17) is 16.3 Å². The third-order valence-electron chi connectivity index (χ3n) is 3.69. The zero-order valence-corrected chi connectivity index (χ0v) is 10.6. The maximum atomic E-state index is 11.9. The number of hydrogen-bond donors (Lipinski definition) is 0. The van der Waals surface area contributed by atoms with Gasteiger partial charge in [0, 0.05) is 19.7 Å². The van der Waals surface area contributed by atoms with Gasteiger partial charge in [0.1, 0.15) is 5.38 Å². The van der Waals surface area contributed by atoms with Gasteiger partial charge < -0.3 is 9.64 Å². The number of amides is 1. The second-order valence-electron chi connectivity index (χ2n) is 4.87. The molecule has 2 heterocycles. The summed E-state index contributed by atoms with van der Waals surface area (Å²) < 4.78 is 5.88. The molecule has 2 fully saturated rings. The lowest BCUT2D eigenvalue weighted by Gasteiger charge is -2.33. The fraction of sp³-hybridized carbons (Fsp3) is 0.917. The Morgan fingerprint density at radius 3 is 2.94 bits per heavy atom. The van der Waals surface area contributed by atoms with E-state index in [-0.39, 0.29) is 16.9 Å². The Morgan fingerprint density at radius 1 is 1.50 bits per heavy atom. The van der Waals surface area contributed by atoms with Crippen molar-refractivity contribution in [3.8, 4) is 0 Å². The Balaban J connectivity index is 1.94. The molecule has 0 saturated carbocycles. The first-order valence-electron chi connectivity index (χ1n) is 6.24. The van der Waals surface area contributed by atoms with Crippen LogP contribution in [-0.2, 0) is 9.53 Å². The third-order valence-corrected chi connectivity index (χ3v) is 4.18. The average molecular weight is 246 g/mol. The van der Waals surface area contributed by atoms with Crippen molar-refractivity contribution >= 4 is 17.5 Å². The van der Waals surface area contributed by atoms with Crippen LogP contribution in [0.1, 0.15) is 39.0 Å². The van der Waals surface area contributed by atoms with Crippen molar-refractivity contribution in [1.29, 1.82) is 0 Å². The molecule has 0 aliphatic carbocycles. The summed E-state index contributed by atoms with van der Waals surface area (Å²) >= 11 is 5.99. The molecule has 0 aromatic carbocycles. The summed E-state index contributed by atoms with van der Waals surface area (Å²) in [6.07, 6.45) is 5.15. The molecular weight excluding hydrogens is 226 g/mol. The topological polar surface area (TPSA) is 29.5 Å². The van der Waals surface area contributed by atoms with Crippen molar-refractivity contribution in [2.75, 3.05) is 19.7 Å². The number of rotatable bonds is 2. The average Bonchev–Trinajstić information content (AvgIpc) is 2.72. The van der Waals surface area contributed by atoms with E-state index in [1.165, 1.54) is 6.42 Å². The molecule has 2 saturated heterocycles. The zero-order chi connectivity index (χ0) is 11.6. The summed E-state index contributed by atoms with van der Waals surface area (Å²) in [6, 6.07) is 0. The third kappa shape index (κ3) is 2.35. The molecule has 16 heavy (non-hydrogen) atoms. The summed E-state index contributed by atoms with van der Waals surface area (Å²) in [5.74, 6) is 0.0789. The van der Waals surface area contributed by atoms with E-state index in [0.717, 1.165) is 39.0 Å². The fourth-order valence-corrected chi connectivity index (χ4v) is 2.78. The fourth-order valence-electron chi connectivity index (χ4n) is 2.64. The lowest BCUT2D eigenvalue weighted by molar-refractivity contribution is -0.132. The maximum absolute atomic E-state index is 11.9. The van der Waals surface area contributed by atoms with Gasteiger partial charge in [-0.2, -0.15) is 0 Å². The molecule has 0 bridgehead atoms. The molecule has 2 rings (SSSR count). The SMILES string of the molecule is CC[C@H](Cl)C(=O)N1CC[C@@]2(CCCCO2)C1. The molecule has 2 aliphatic rings. The van der Waals surface area contributed by atoms with Crippen LogP contribution >= 0.6 is 11.6 Å². The van der Waals surface area contributed by atoms with Crippen molar-refractivity contribution in [3.63, 3.8) is 0 Å². The Kier molecular flexibility index (Phi) is 3.75. The van der Waals surface area contributed by atoms with Gasteiger partial charge in [0.05, 0.1) is 5.60 Å². The van der Waals surface area contributed by atoms with Gasteiger partial charge in [-0.15, -0.1) is 11.6 Å². The number of halogens is 1. The molecule has 0 N–H and O–H groups in total. The molecule has 3 nitrogen and oxygen atoms in total. The van der Waals surface area contributed by atoms with Crippen LogP contribution in [0, 0.1) is 0 Å². The Morgan fingerprint density at radius 2 is 2.31 bits per heavy atom. The lowest BCUT2D eigenvalue weighted by Crippen LogP contribution is -2.42. The summed E-state index contributed by atoms with van der Waals surface area (Å²) in [7, 11) is 0. The van der Waals surface area contributed by atoms with E-state index in [0.29, 0.717) is 6.42 Å². The molecule has 1 spiro atoms. The van der Waals surface area contributed by atoms with Gasteiger partial charge in [-0.1, -0.05) is 6.92 Å². The number of carbonyl (C=O) groups is 1. The highest BCUT2D eigenvalue weighted by atomic mass is 35.5. The molecule has 2 aliphatic heterocycles. The van der Waals surface area contributed by atoms with Gasteiger partial charge in [-0.3, -0.25) is 4.79 Å². The minimum atomic E-state index is -0.362. The normalized spacial score (nSPS) is 32.0. The Hall–Kier alpha value is -0.280. The maximum Gasteiger partial charge on any atom is 0.240 e. The van der Waals surface area contributed by atoms with Crippen LogP contribution in [0.15, 0.2) is 0 Å². The number of hydrogen-bond acceptors (Lipinski definition) is 2. The van der Waals surface area contributed by atoms with Gasteiger partial charge in [0.15, 0.2) is 0 Å². The van der Waals surface area contributed by atoms with Crippen molar-refractivity contribution in [2.24, 2.45) is 0 Å². The number of alkyl halides is 1. The second kappa shape index (κ2) is 4.92. The van der Waals surface area contributed by atoms with Crippen molar-refractivity contribution in [1.82, 2.24) is 4.90 Å². The van der Waals surface area contributed by atoms with Crippen LogP contribution < -0.4 is 0 Å². The summed E-state index contributed by atoms with van der Waals surface area (Å²) in [4.78, 5) is 13.8. The minimum absolute atomic E-state index is 0.0434.